The van der Waals surface area contributed by atoms with Gasteiger partial charge in [0.05, 0.1) is 5.69 Å². The second-order valence-electron chi connectivity index (χ2n) is 3.52. The van der Waals surface area contributed by atoms with Crippen LogP contribution in [-0.2, 0) is 6.42 Å². The van der Waals surface area contributed by atoms with Crippen molar-refractivity contribution in [3.8, 4) is 11.3 Å². The number of rotatable bonds is 4. The van der Waals surface area contributed by atoms with E-state index in [9.17, 15) is 8.78 Å². The van der Waals surface area contributed by atoms with E-state index in [1.165, 1.54) is 0 Å². The molecule has 0 aliphatic rings. The van der Waals surface area contributed by atoms with Crippen molar-refractivity contribution < 1.29 is 8.78 Å². The van der Waals surface area contributed by atoms with Crippen LogP contribution >= 0.6 is 0 Å². The minimum Gasteiger partial charge on any atom is -0.330 e. The van der Waals surface area contributed by atoms with Crippen molar-refractivity contribution in [1.82, 2.24) is 14.8 Å². The second-order valence-corrected chi connectivity index (χ2v) is 3.52. The third kappa shape index (κ3) is 2.47. The zero-order chi connectivity index (χ0) is 12.3. The zero-order valence-electron chi connectivity index (χ0n) is 9.05. The van der Waals surface area contributed by atoms with Crippen LogP contribution in [0.2, 0.25) is 0 Å². The van der Waals surface area contributed by atoms with Crippen molar-refractivity contribution >= 4 is 0 Å². The van der Waals surface area contributed by atoms with Crippen molar-refractivity contribution in [1.29, 1.82) is 0 Å². The Morgan fingerprint density at radius 2 is 2.24 bits per heavy atom. The van der Waals surface area contributed by atoms with Crippen molar-refractivity contribution in [2.24, 2.45) is 5.73 Å². The first-order valence-corrected chi connectivity index (χ1v) is 5.19. The van der Waals surface area contributed by atoms with Crippen LogP contribution in [0.4, 0.5) is 8.78 Å². The van der Waals surface area contributed by atoms with Crippen LogP contribution in [0.15, 0.2) is 30.6 Å². The first-order valence-electron chi connectivity index (χ1n) is 5.19. The topological polar surface area (TPSA) is 56.7 Å². The van der Waals surface area contributed by atoms with Crippen molar-refractivity contribution in [3.05, 3.63) is 36.3 Å². The fourth-order valence-electron chi connectivity index (χ4n) is 1.59. The predicted octanol–water partition coefficient (Wildman–Crippen LogP) is 1.84. The average Bonchev–Trinajstić information content (AvgIpc) is 2.75. The van der Waals surface area contributed by atoms with E-state index >= 15 is 0 Å². The maximum Gasteiger partial charge on any atom is 0.333 e. The van der Waals surface area contributed by atoms with Crippen LogP contribution in [0.1, 0.15) is 12.2 Å². The molecule has 2 aromatic heterocycles. The van der Waals surface area contributed by atoms with E-state index in [1.807, 2.05) is 0 Å². The molecule has 0 aliphatic carbocycles. The van der Waals surface area contributed by atoms with Gasteiger partial charge in [0, 0.05) is 30.1 Å². The second kappa shape index (κ2) is 5.01. The highest BCUT2D eigenvalue weighted by molar-refractivity contribution is 5.57. The first kappa shape index (κ1) is 11.7. The SMILES string of the molecule is NCCc1cc(-c2cccnc2)nn1C(F)F. The fourth-order valence-corrected chi connectivity index (χ4v) is 1.59. The molecule has 4 nitrogen and oxygen atoms in total. The number of nitrogens with two attached hydrogens (primary N) is 1. The number of nitrogens with zero attached hydrogens (tertiary/aromatic N) is 3. The van der Waals surface area contributed by atoms with Crippen molar-refractivity contribution in [2.75, 3.05) is 6.54 Å². The van der Waals surface area contributed by atoms with E-state index in [4.69, 9.17) is 5.73 Å². The average molecular weight is 238 g/mol. The summed E-state index contributed by atoms with van der Waals surface area (Å²) in [5.74, 6) is 0. The van der Waals surface area contributed by atoms with Gasteiger partial charge in [-0.15, -0.1) is 0 Å². The van der Waals surface area contributed by atoms with Gasteiger partial charge in [0.2, 0.25) is 0 Å². The maximum absolute atomic E-state index is 12.7. The molecule has 0 radical (unpaired) electrons. The van der Waals surface area contributed by atoms with Crippen LogP contribution < -0.4 is 5.73 Å². The molecule has 2 N–H and O–H groups in total. The summed E-state index contributed by atoms with van der Waals surface area (Å²) in [4.78, 5) is 3.93. The molecule has 17 heavy (non-hydrogen) atoms. The Balaban J connectivity index is 2.40. The summed E-state index contributed by atoms with van der Waals surface area (Å²) in [7, 11) is 0. The fraction of sp³-hybridized carbons (Fsp3) is 0.273. The van der Waals surface area contributed by atoms with E-state index in [0.717, 1.165) is 0 Å². The lowest BCUT2D eigenvalue weighted by atomic mass is 10.2. The van der Waals surface area contributed by atoms with Crippen LogP contribution in [0, 0.1) is 0 Å². The first-order chi connectivity index (χ1) is 8.22. The molecule has 0 aromatic carbocycles. The van der Waals surface area contributed by atoms with E-state index in [2.05, 4.69) is 10.1 Å². The molecule has 0 fully saturated rings. The number of halogens is 2. The van der Waals surface area contributed by atoms with E-state index < -0.39 is 6.55 Å². The molecular formula is C11H12F2N4. The van der Waals surface area contributed by atoms with Gasteiger partial charge in [-0.1, -0.05) is 0 Å². The minimum absolute atomic E-state index is 0.310. The molecule has 0 atom stereocenters. The number of hydrogen-bond donors (Lipinski definition) is 1. The van der Waals surface area contributed by atoms with Crippen LogP contribution in [0.5, 0.6) is 0 Å². The van der Waals surface area contributed by atoms with Gasteiger partial charge in [0.15, 0.2) is 0 Å². The van der Waals surface area contributed by atoms with Gasteiger partial charge in [-0.2, -0.15) is 13.9 Å². The highest BCUT2D eigenvalue weighted by Gasteiger charge is 2.15. The lowest BCUT2D eigenvalue weighted by Gasteiger charge is -2.03. The molecule has 2 heterocycles. The van der Waals surface area contributed by atoms with Crippen molar-refractivity contribution in [3.63, 3.8) is 0 Å². The van der Waals surface area contributed by atoms with E-state index in [1.54, 1.807) is 30.6 Å². The standard InChI is InChI=1S/C11H12F2N4/c12-11(13)17-9(3-4-14)6-10(16-17)8-2-1-5-15-7-8/h1-2,5-7,11H,3-4,14H2. The lowest BCUT2D eigenvalue weighted by Crippen LogP contribution is -2.10. The van der Waals surface area contributed by atoms with Gasteiger partial charge in [-0.05, 0) is 24.7 Å². The molecule has 0 spiro atoms. The van der Waals surface area contributed by atoms with Crippen LogP contribution in [-0.4, -0.2) is 21.3 Å². The van der Waals surface area contributed by atoms with Gasteiger partial charge in [-0.25, -0.2) is 4.68 Å². The number of alkyl halides is 2. The Kier molecular flexibility index (Phi) is 3.43. The monoisotopic (exact) mass is 238 g/mol. The summed E-state index contributed by atoms with van der Waals surface area (Å²) in [6.07, 6.45) is 3.58. The molecule has 0 aliphatic heterocycles. The molecular weight excluding hydrogens is 226 g/mol. The molecule has 90 valence electrons. The molecule has 0 amide bonds. The molecule has 0 saturated heterocycles. The summed E-state index contributed by atoms with van der Waals surface area (Å²) >= 11 is 0. The predicted molar refractivity (Wildman–Crippen MR) is 59.5 cm³/mol. The molecule has 0 bridgehead atoms. The van der Waals surface area contributed by atoms with Gasteiger partial charge in [0.25, 0.3) is 0 Å². The Bertz CT molecular complexity index is 481. The van der Waals surface area contributed by atoms with Gasteiger partial charge < -0.3 is 5.73 Å². The number of hydrogen-bond acceptors (Lipinski definition) is 3. The smallest absolute Gasteiger partial charge is 0.330 e. The number of aromatic nitrogens is 3. The summed E-state index contributed by atoms with van der Waals surface area (Å²) in [5.41, 5.74) is 7.01. The quantitative estimate of drug-likeness (QED) is 0.884. The normalized spacial score (nSPS) is 11.1. The lowest BCUT2D eigenvalue weighted by molar-refractivity contribution is 0.0538. The van der Waals surface area contributed by atoms with Crippen molar-refractivity contribution in [2.45, 2.75) is 13.0 Å². The molecule has 6 heteroatoms. The van der Waals surface area contributed by atoms with E-state index in [-0.39, 0.29) is 0 Å². The zero-order valence-corrected chi connectivity index (χ0v) is 9.05. The molecule has 0 saturated carbocycles. The summed E-state index contributed by atoms with van der Waals surface area (Å²) < 4.78 is 26.2. The van der Waals surface area contributed by atoms with E-state index in [0.29, 0.717) is 34.6 Å². The molecule has 0 unspecified atom stereocenters. The highest BCUT2D eigenvalue weighted by Crippen LogP contribution is 2.21. The van der Waals surface area contributed by atoms with Crippen LogP contribution in [0.3, 0.4) is 0 Å². The Hall–Kier alpha value is -1.82. The largest absolute Gasteiger partial charge is 0.333 e. The van der Waals surface area contributed by atoms with Gasteiger partial charge in [-0.3, -0.25) is 4.98 Å². The Labute approximate surface area is 97.1 Å². The van der Waals surface area contributed by atoms with Gasteiger partial charge >= 0.3 is 6.55 Å². The summed E-state index contributed by atoms with van der Waals surface area (Å²) in [6.45, 7) is -2.34. The van der Waals surface area contributed by atoms with Crippen LogP contribution in [0.25, 0.3) is 11.3 Å². The third-order valence-electron chi connectivity index (χ3n) is 2.36. The molecule has 2 rings (SSSR count). The number of pyridine rings is 1. The minimum atomic E-state index is -2.65. The summed E-state index contributed by atoms with van der Waals surface area (Å²) in [6, 6.07) is 5.13. The summed E-state index contributed by atoms with van der Waals surface area (Å²) in [5, 5.41) is 3.87. The van der Waals surface area contributed by atoms with Gasteiger partial charge in [0.1, 0.15) is 0 Å². The Morgan fingerprint density at radius 1 is 1.41 bits per heavy atom. The maximum atomic E-state index is 12.7. The highest BCUT2D eigenvalue weighted by atomic mass is 19.3. The third-order valence-corrected chi connectivity index (χ3v) is 2.36. The Morgan fingerprint density at radius 3 is 2.82 bits per heavy atom. The molecule has 2 aromatic rings.